The summed E-state index contributed by atoms with van der Waals surface area (Å²) in [5.74, 6) is 1.26. The third-order valence-corrected chi connectivity index (χ3v) is 3.85. The van der Waals surface area contributed by atoms with Gasteiger partial charge in [-0.15, -0.1) is 0 Å². The van der Waals surface area contributed by atoms with Crippen molar-refractivity contribution in [3.63, 3.8) is 0 Å². The average molecular weight is 351 g/mol. The van der Waals surface area contributed by atoms with Gasteiger partial charge >= 0.3 is 0 Å². The van der Waals surface area contributed by atoms with E-state index in [1.807, 2.05) is 37.3 Å². The molecule has 1 aromatic heterocycles. The first-order chi connectivity index (χ1) is 10.0. The zero-order valence-electron chi connectivity index (χ0n) is 12.1. The Balaban J connectivity index is 1.95. The zero-order chi connectivity index (χ0) is 15.3. The fourth-order valence-corrected chi connectivity index (χ4v) is 2.38. The molecular formula is C15H19BrN4O. The quantitative estimate of drug-likeness (QED) is 0.746. The minimum Gasteiger partial charge on any atom is -0.385 e. The maximum absolute atomic E-state index is 10.5. The van der Waals surface area contributed by atoms with E-state index in [4.69, 9.17) is 0 Å². The zero-order valence-corrected chi connectivity index (χ0v) is 13.7. The summed E-state index contributed by atoms with van der Waals surface area (Å²) >= 11 is 3.37. The van der Waals surface area contributed by atoms with E-state index in [-0.39, 0.29) is 0 Å². The third kappa shape index (κ3) is 4.15. The van der Waals surface area contributed by atoms with Crippen molar-refractivity contribution in [3.8, 4) is 0 Å². The summed E-state index contributed by atoms with van der Waals surface area (Å²) in [5, 5.41) is 16.6. The van der Waals surface area contributed by atoms with E-state index in [2.05, 4.69) is 36.5 Å². The van der Waals surface area contributed by atoms with E-state index in [1.165, 1.54) is 0 Å². The summed E-state index contributed by atoms with van der Waals surface area (Å²) in [5.41, 5.74) is 0.0228. The van der Waals surface area contributed by atoms with Gasteiger partial charge in [-0.1, -0.05) is 30.3 Å². The number of hydrogen-bond acceptors (Lipinski definition) is 5. The Bertz CT molecular complexity index is 589. The van der Waals surface area contributed by atoms with Gasteiger partial charge in [0.1, 0.15) is 5.82 Å². The number of rotatable bonds is 6. The monoisotopic (exact) mass is 350 g/mol. The Morgan fingerprint density at radius 2 is 2.00 bits per heavy atom. The molecule has 0 radical (unpaired) electrons. The van der Waals surface area contributed by atoms with Crippen molar-refractivity contribution in [2.24, 2.45) is 0 Å². The Kier molecular flexibility index (Phi) is 5.14. The highest BCUT2D eigenvalue weighted by atomic mass is 79.9. The lowest BCUT2D eigenvalue weighted by Gasteiger charge is -2.24. The van der Waals surface area contributed by atoms with Crippen LogP contribution in [-0.2, 0) is 5.60 Å². The molecule has 0 saturated heterocycles. The second kappa shape index (κ2) is 6.87. The van der Waals surface area contributed by atoms with Gasteiger partial charge in [0.15, 0.2) is 0 Å². The van der Waals surface area contributed by atoms with E-state index in [0.717, 1.165) is 15.9 Å². The van der Waals surface area contributed by atoms with Crippen molar-refractivity contribution in [2.75, 3.05) is 24.2 Å². The summed E-state index contributed by atoms with van der Waals surface area (Å²) in [6.45, 7) is 2.39. The molecule has 0 aliphatic carbocycles. The molecule has 1 atom stereocenters. The molecule has 1 aromatic carbocycles. The molecule has 2 aromatic rings. The number of nitrogens with one attached hydrogen (secondary N) is 2. The average Bonchev–Trinajstić information content (AvgIpc) is 2.49. The van der Waals surface area contributed by atoms with E-state index in [1.54, 1.807) is 13.2 Å². The minimum absolute atomic E-state index is 0.534. The summed E-state index contributed by atoms with van der Waals surface area (Å²) in [4.78, 5) is 8.51. The fourth-order valence-electron chi connectivity index (χ4n) is 1.99. The Hall–Kier alpha value is -1.66. The van der Waals surface area contributed by atoms with E-state index < -0.39 is 5.60 Å². The highest BCUT2D eigenvalue weighted by Gasteiger charge is 2.22. The number of nitrogens with zero attached hydrogens (tertiary/aromatic N) is 2. The lowest BCUT2D eigenvalue weighted by atomic mass is 9.93. The first-order valence-electron chi connectivity index (χ1n) is 6.75. The van der Waals surface area contributed by atoms with Gasteiger partial charge in [-0.05, 0) is 34.8 Å². The summed E-state index contributed by atoms with van der Waals surface area (Å²) in [7, 11) is 1.80. The van der Waals surface area contributed by atoms with E-state index in [0.29, 0.717) is 18.9 Å². The minimum atomic E-state index is -0.880. The molecule has 0 aliphatic heterocycles. The third-order valence-electron chi connectivity index (χ3n) is 3.27. The van der Waals surface area contributed by atoms with Crippen molar-refractivity contribution < 1.29 is 5.11 Å². The fraction of sp³-hybridized carbons (Fsp3) is 0.333. The number of benzene rings is 1. The van der Waals surface area contributed by atoms with Crippen LogP contribution in [0.25, 0.3) is 0 Å². The van der Waals surface area contributed by atoms with Crippen molar-refractivity contribution in [3.05, 3.63) is 46.6 Å². The van der Waals surface area contributed by atoms with E-state index in [9.17, 15) is 5.11 Å². The van der Waals surface area contributed by atoms with Gasteiger partial charge in [0, 0.05) is 19.8 Å². The van der Waals surface area contributed by atoms with Crippen molar-refractivity contribution in [1.82, 2.24) is 9.97 Å². The molecule has 0 saturated carbocycles. The largest absolute Gasteiger partial charge is 0.385 e. The molecule has 0 aliphatic rings. The van der Waals surface area contributed by atoms with Gasteiger partial charge in [-0.25, -0.2) is 4.98 Å². The molecular weight excluding hydrogens is 332 g/mol. The second-order valence-electron chi connectivity index (χ2n) is 4.96. The van der Waals surface area contributed by atoms with Crippen LogP contribution in [0.1, 0.15) is 18.9 Å². The lowest BCUT2D eigenvalue weighted by molar-refractivity contribution is 0.0515. The lowest BCUT2D eigenvalue weighted by Crippen LogP contribution is -2.25. The van der Waals surface area contributed by atoms with Crippen LogP contribution in [0.2, 0.25) is 0 Å². The molecule has 0 bridgehead atoms. The van der Waals surface area contributed by atoms with Crippen LogP contribution in [0.5, 0.6) is 0 Å². The van der Waals surface area contributed by atoms with Gasteiger partial charge in [-0.2, -0.15) is 4.98 Å². The molecule has 112 valence electrons. The number of aromatic nitrogens is 2. The Labute approximate surface area is 133 Å². The molecule has 5 nitrogen and oxygen atoms in total. The number of halogens is 1. The number of anilines is 2. The van der Waals surface area contributed by atoms with Crippen molar-refractivity contribution in [1.29, 1.82) is 0 Å². The summed E-state index contributed by atoms with van der Waals surface area (Å²) in [6.07, 6.45) is 2.25. The van der Waals surface area contributed by atoms with Gasteiger partial charge in [0.2, 0.25) is 5.95 Å². The smallest absolute Gasteiger partial charge is 0.224 e. The molecule has 21 heavy (non-hydrogen) atoms. The maximum Gasteiger partial charge on any atom is 0.224 e. The predicted molar refractivity (Wildman–Crippen MR) is 88.4 cm³/mol. The highest BCUT2D eigenvalue weighted by molar-refractivity contribution is 9.10. The van der Waals surface area contributed by atoms with Gasteiger partial charge < -0.3 is 15.7 Å². The first kappa shape index (κ1) is 15.7. The highest BCUT2D eigenvalue weighted by Crippen LogP contribution is 2.24. The molecule has 1 unspecified atom stereocenters. The van der Waals surface area contributed by atoms with Crippen LogP contribution in [0.3, 0.4) is 0 Å². The normalized spacial score (nSPS) is 13.5. The van der Waals surface area contributed by atoms with Gasteiger partial charge in [-0.3, -0.25) is 0 Å². The number of hydrogen-bond donors (Lipinski definition) is 3. The topological polar surface area (TPSA) is 70.1 Å². The Morgan fingerprint density at radius 1 is 1.29 bits per heavy atom. The predicted octanol–water partition coefficient (Wildman–Crippen LogP) is 2.99. The van der Waals surface area contributed by atoms with E-state index >= 15 is 0 Å². The van der Waals surface area contributed by atoms with Crippen LogP contribution in [0.15, 0.2) is 41.0 Å². The molecule has 2 rings (SSSR count). The van der Waals surface area contributed by atoms with Crippen LogP contribution >= 0.6 is 15.9 Å². The Morgan fingerprint density at radius 3 is 2.67 bits per heavy atom. The molecule has 1 heterocycles. The second-order valence-corrected chi connectivity index (χ2v) is 5.81. The van der Waals surface area contributed by atoms with Crippen LogP contribution in [0, 0.1) is 0 Å². The van der Waals surface area contributed by atoms with Crippen molar-refractivity contribution in [2.45, 2.75) is 18.9 Å². The standard InChI is InChI=1S/C15H19BrN4O/c1-15(21,11-6-4-3-5-7-11)8-9-18-14-19-10-12(16)13(17-2)20-14/h3-7,10,21H,8-9H2,1-2H3,(H2,17,18,19,20). The van der Waals surface area contributed by atoms with Crippen LogP contribution in [-0.4, -0.2) is 28.7 Å². The van der Waals surface area contributed by atoms with Crippen LogP contribution < -0.4 is 10.6 Å². The van der Waals surface area contributed by atoms with Crippen molar-refractivity contribution >= 4 is 27.7 Å². The number of aliphatic hydroxyl groups is 1. The summed E-state index contributed by atoms with van der Waals surface area (Å²) < 4.78 is 0.812. The van der Waals surface area contributed by atoms with Gasteiger partial charge in [0.25, 0.3) is 0 Å². The molecule has 3 N–H and O–H groups in total. The molecule has 0 fully saturated rings. The van der Waals surface area contributed by atoms with Crippen LogP contribution in [0.4, 0.5) is 11.8 Å². The van der Waals surface area contributed by atoms with Gasteiger partial charge in [0.05, 0.1) is 10.1 Å². The SMILES string of the molecule is CNc1nc(NCCC(C)(O)c2ccccc2)ncc1Br. The molecule has 6 heteroatoms. The first-order valence-corrected chi connectivity index (χ1v) is 7.54. The maximum atomic E-state index is 10.5. The molecule has 0 spiro atoms. The summed E-state index contributed by atoms with van der Waals surface area (Å²) in [6, 6.07) is 9.64. The molecule has 0 amide bonds.